The molecule has 0 bridgehead atoms. The van der Waals surface area contributed by atoms with Crippen molar-refractivity contribution in [2.24, 2.45) is 5.92 Å². The maximum Gasteiger partial charge on any atom is 0.190 e. The quantitative estimate of drug-likeness (QED) is 0.636. The van der Waals surface area contributed by atoms with Crippen LogP contribution < -0.4 is 5.73 Å². The van der Waals surface area contributed by atoms with Crippen molar-refractivity contribution in [3.8, 4) is 0 Å². The second kappa shape index (κ2) is 4.14. The lowest BCUT2D eigenvalue weighted by atomic mass is 9.89. The van der Waals surface area contributed by atoms with Crippen LogP contribution in [-0.4, -0.2) is 16.2 Å². The van der Waals surface area contributed by atoms with Gasteiger partial charge < -0.3 is 5.73 Å². The van der Waals surface area contributed by atoms with E-state index in [9.17, 15) is 0 Å². The van der Waals surface area contributed by atoms with E-state index in [0.29, 0.717) is 5.82 Å². The second-order valence-corrected chi connectivity index (χ2v) is 6.48. The molecule has 2 aromatic heterocycles. The van der Waals surface area contributed by atoms with Crippen molar-refractivity contribution in [3.63, 3.8) is 0 Å². The smallest absolute Gasteiger partial charge is 0.190 e. The van der Waals surface area contributed by atoms with Crippen molar-refractivity contribution in [3.05, 3.63) is 10.4 Å². The van der Waals surface area contributed by atoms with Crippen LogP contribution in [0.3, 0.4) is 0 Å². The summed E-state index contributed by atoms with van der Waals surface area (Å²) in [5.74, 6) is 1.44. The highest BCUT2D eigenvalue weighted by Crippen LogP contribution is 2.39. The third-order valence-corrected chi connectivity index (χ3v) is 5.04. The minimum absolute atomic E-state index is 0.659. The highest BCUT2D eigenvalue weighted by molar-refractivity contribution is 7.98. The minimum Gasteiger partial charge on any atom is -0.383 e. The zero-order chi connectivity index (χ0) is 12.0. The Morgan fingerprint density at radius 3 is 3.00 bits per heavy atom. The van der Waals surface area contributed by atoms with Gasteiger partial charge in [0.15, 0.2) is 5.16 Å². The molecule has 2 N–H and O–H groups in total. The molecule has 1 atom stereocenters. The molecular formula is C12H15N3S2. The van der Waals surface area contributed by atoms with Gasteiger partial charge in [-0.25, -0.2) is 9.97 Å². The summed E-state index contributed by atoms with van der Waals surface area (Å²) in [6.07, 6.45) is 5.53. The molecule has 0 unspecified atom stereocenters. The van der Waals surface area contributed by atoms with E-state index in [-0.39, 0.29) is 0 Å². The molecule has 90 valence electrons. The van der Waals surface area contributed by atoms with Crippen LogP contribution in [0.5, 0.6) is 0 Å². The summed E-state index contributed by atoms with van der Waals surface area (Å²) in [5, 5.41) is 1.90. The molecular weight excluding hydrogens is 250 g/mol. The Labute approximate surface area is 109 Å². The highest BCUT2D eigenvalue weighted by Gasteiger charge is 2.22. The van der Waals surface area contributed by atoms with Gasteiger partial charge >= 0.3 is 0 Å². The van der Waals surface area contributed by atoms with Crippen molar-refractivity contribution >= 4 is 39.1 Å². The Kier molecular flexibility index (Phi) is 2.75. The van der Waals surface area contributed by atoms with Crippen molar-refractivity contribution in [2.45, 2.75) is 31.3 Å². The van der Waals surface area contributed by atoms with Crippen molar-refractivity contribution < 1.29 is 0 Å². The van der Waals surface area contributed by atoms with E-state index >= 15 is 0 Å². The Morgan fingerprint density at radius 1 is 1.41 bits per heavy atom. The van der Waals surface area contributed by atoms with Gasteiger partial charge in [0.25, 0.3) is 0 Å². The lowest BCUT2D eigenvalue weighted by Gasteiger charge is -2.17. The van der Waals surface area contributed by atoms with Gasteiger partial charge in [-0.05, 0) is 37.0 Å². The average molecular weight is 265 g/mol. The van der Waals surface area contributed by atoms with Gasteiger partial charge in [-0.15, -0.1) is 11.3 Å². The normalized spacial score (nSPS) is 19.5. The summed E-state index contributed by atoms with van der Waals surface area (Å²) in [6, 6.07) is 0. The van der Waals surface area contributed by atoms with E-state index in [1.165, 1.54) is 23.3 Å². The van der Waals surface area contributed by atoms with Crippen LogP contribution in [-0.2, 0) is 12.8 Å². The van der Waals surface area contributed by atoms with Crippen LogP contribution in [0.4, 0.5) is 5.82 Å². The average Bonchev–Trinajstić information content (AvgIpc) is 2.66. The molecule has 17 heavy (non-hydrogen) atoms. The van der Waals surface area contributed by atoms with E-state index in [0.717, 1.165) is 27.7 Å². The fourth-order valence-corrected chi connectivity index (χ4v) is 4.26. The van der Waals surface area contributed by atoms with Crippen LogP contribution in [0.25, 0.3) is 10.2 Å². The molecule has 0 saturated carbocycles. The molecule has 0 radical (unpaired) electrons. The molecule has 3 nitrogen and oxygen atoms in total. The molecule has 0 spiro atoms. The van der Waals surface area contributed by atoms with Crippen LogP contribution in [0, 0.1) is 5.92 Å². The monoisotopic (exact) mass is 265 g/mol. The van der Waals surface area contributed by atoms with Gasteiger partial charge in [-0.3, -0.25) is 0 Å². The van der Waals surface area contributed by atoms with Crippen LogP contribution in [0.2, 0.25) is 0 Å². The zero-order valence-electron chi connectivity index (χ0n) is 9.99. The number of nitrogens with zero attached hydrogens (tertiary/aromatic N) is 2. The molecule has 0 amide bonds. The van der Waals surface area contributed by atoms with Crippen LogP contribution in [0.15, 0.2) is 5.16 Å². The zero-order valence-corrected chi connectivity index (χ0v) is 11.6. The van der Waals surface area contributed by atoms with E-state index in [1.807, 2.05) is 6.26 Å². The molecule has 2 heterocycles. The molecule has 0 fully saturated rings. The Balaban J connectivity index is 2.24. The minimum atomic E-state index is 0.659. The number of rotatable bonds is 1. The first-order valence-electron chi connectivity index (χ1n) is 5.80. The number of hydrogen-bond donors (Lipinski definition) is 1. The summed E-state index contributed by atoms with van der Waals surface area (Å²) in [6.45, 7) is 2.32. The molecule has 0 aromatic carbocycles. The molecule has 3 rings (SSSR count). The summed E-state index contributed by atoms with van der Waals surface area (Å²) < 4.78 is 0. The maximum absolute atomic E-state index is 6.08. The number of anilines is 1. The van der Waals surface area contributed by atoms with Gasteiger partial charge in [0.05, 0.1) is 5.39 Å². The predicted molar refractivity (Wildman–Crippen MR) is 74.8 cm³/mol. The number of fused-ring (bicyclic) bond motifs is 3. The van der Waals surface area contributed by atoms with E-state index in [2.05, 4.69) is 16.9 Å². The van der Waals surface area contributed by atoms with Gasteiger partial charge in [0.1, 0.15) is 10.6 Å². The summed E-state index contributed by atoms with van der Waals surface area (Å²) in [4.78, 5) is 11.5. The lowest BCUT2D eigenvalue weighted by molar-refractivity contribution is 0.509. The highest BCUT2D eigenvalue weighted by atomic mass is 32.2. The summed E-state index contributed by atoms with van der Waals surface area (Å²) in [7, 11) is 0. The number of hydrogen-bond acceptors (Lipinski definition) is 5. The largest absolute Gasteiger partial charge is 0.383 e. The van der Waals surface area contributed by atoms with E-state index < -0.39 is 0 Å². The lowest BCUT2D eigenvalue weighted by Crippen LogP contribution is -2.09. The SMILES string of the molecule is CSc1nc(N)c2c3c(sc2n1)C[C@H](C)CC3. The van der Waals surface area contributed by atoms with Crippen LogP contribution in [0.1, 0.15) is 23.8 Å². The molecule has 1 aliphatic rings. The maximum atomic E-state index is 6.08. The Hall–Kier alpha value is -0.810. The van der Waals surface area contributed by atoms with Gasteiger partial charge in [0.2, 0.25) is 0 Å². The Morgan fingerprint density at radius 2 is 2.24 bits per heavy atom. The predicted octanol–water partition coefficient (Wildman–Crippen LogP) is 3.12. The second-order valence-electron chi connectivity index (χ2n) is 4.63. The first-order valence-corrected chi connectivity index (χ1v) is 7.85. The number of thiophene rings is 1. The van der Waals surface area contributed by atoms with E-state index in [4.69, 9.17) is 5.73 Å². The topological polar surface area (TPSA) is 51.8 Å². The number of aromatic nitrogens is 2. The third kappa shape index (κ3) is 1.81. The number of aryl methyl sites for hydroxylation is 1. The standard InChI is InChI=1S/C12H15N3S2/c1-6-3-4-7-8(5-6)17-11-9(7)10(13)14-12(15-11)16-2/h6H,3-5H2,1-2H3,(H2,13,14,15)/t6-/m1/s1. The summed E-state index contributed by atoms with van der Waals surface area (Å²) >= 11 is 3.35. The van der Waals surface area contributed by atoms with Gasteiger partial charge in [-0.2, -0.15) is 0 Å². The first-order chi connectivity index (χ1) is 8.19. The number of nitrogens with two attached hydrogens (primary N) is 1. The molecule has 0 aliphatic heterocycles. The van der Waals surface area contributed by atoms with Crippen LogP contribution >= 0.6 is 23.1 Å². The van der Waals surface area contributed by atoms with Crippen molar-refractivity contribution in [1.82, 2.24) is 9.97 Å². The third-order valence-electron chi connectivity index (χ3n) is 3.35. The van der Waals surface area contributed by atoms with Gasteiger partial charge in [-0.1, -0.05) is 18.7 Å². The number of nitrogen functional groups attached to an aromatic ring is 1. The van der Waals surface area contributed by atoms with Crippen molar-refractivity contribution in [2.75, 3.05) is 12.0 Å². The molecule has 1 aliphatic carbocycles. The fraction of sp³-hybridized carbons (Fsp3) is 0.500. The molecule has 0 saturated heterocycles. The fourth-order valence-electron chi connectivity index (χ4n) is 2.44. The molecule has 2 aromatic rings. The first kappa shape index (κ1) is 11.3. The Bertz CT molecular complexity index is 577. The summed E-state index contributed by atoms with van der Waals surface area (Å²) in [5.41, 5.74) is 7.49. The van der Waals surface area contributed by atoms with Gasteiger partial charge in [0, 0.05) is 4.88 Å². The van der Waals surface area contributed by atoms with Crippen molar-refractivity contribution in [1.29, 1.82) is 0 Å². The number of thioether (sulfide) groups is 1. The molecule has 5 heteroatoms. The van der Waals surface area contributed by atoms with E-state index in [1.54, 1.807) is 23.1 Å².